The molecule has 0 spiro atoms. The minimum Gasteiger partial charge on any atom is -0.462 e. The number of rotatable bonds is 36. The summed E-state index contributed by atoms with van der Waals surface area (Å²) in [6.07, 6.45) is 39.1. The van der Waals surface area contributed by atoms with E-state index in [-0.39, 0.29) is 19.4 Å². The van der Waals surface area contributed by atoms with E-state index in [1.54, 1.807) is 0 Å². The van der Waals surface area contributed by atoms with E-state index in [1.807, 2.05) is 6.08 Å². The summed E-state index contributed by atoms with van der Waals surface area (Å²) in [7, 11) is -4.77. The van der Waals surface area contributed by atoms with Crippen molar-refractivity contribution in [2.45, 2.75) is 200 Å². The quantitative estimate of drug-likeness (QED) is 0.0211. The molecular formula is C42H75O9P. The first-order valence-electron chi connectivity index (χ1n) is 20.8. The molecule has 1 fully saturated rings. The van der Waals surface area contributed by atoms with Gasteiger partial charge in [0.2, 0.25) is 0 Å². The topological polar surface area (TPSA) is 132 Å². The van der Waals surface area contributed by atoms with Gasteiger partial charge in [-0.25, -0.2) is 4.57 Å². The van der Waals surface area contributed by atoms with Gasteiger partial charge in [0.05, 0.1) is 18.8 Å². The monoisotopic (exact) mass is 755 g/mol. The van der Waals surface area contributed by atoms with Crippen LogP contribution in [0.4, 0.5) is 0 Å². The van der Waals surface area contributed by atoms with E-state index in [0.717, 1.165) is 50.9 Å². The van der Waals surface area contributed by atoms with Crippen molar-refractivity contribution in [3.05, 3.63) is 36.5 Å². The molecule has 2 unspecified atom stereocenters. The Morgan fingerprint density at radius 1 is 0.673 bits per heavy atom. The van der Waals surface area contributed by atoms with Crippen molar-refractivity contribution in [3.8, 4) is 0 Å². The normalized spacial score (nSPS) is 16.8. The van der Waals surface area contributed by atoms with Crippen LogP contribution in [0.1, 0.15) is 181 Å². The van der Waals surface area contributed by atoms with Crippen LogP contribution in [-0.2, 0) is 32.9 Å². The van der Waals surface area contributed by atoms with E-state index in [0.29, 0.717) is 25.0 Å². The number of esters is 2. The number of ether oxygens (including phenoxy) is 3. The van der Waals surface area contributed by atoms with Crippen LogP contribution in [-0.4, -0.2) is 53.3 Å². The molecule has 0 bridgehead atoms. The second kappa shape index (κ2) is 32.6. The van der Waals surface area contributed by atoms with Crippen molar-refractivity contribution in [1.82, 2.24) is 0 Å². The van der Waals surface area contributed by atoms with Crippen LogP contribution in [0.3, 0.4) is 0 Å². The Kier molecular flexibility index (Phi) is 30.3. The average Bonchev–Trinajstić information content (AvgIpc) is 3.85. The van der Waals surface area contributed by atoms with Crippen LogP contribution in [0.5, 0.6) is 0 Å². The summed E-state index contributed by atoms with van der Waals surface area (Å²) in [4.78, 5) is 42.8. The molecule has 0 saturated carbocycles. The molecule has 2 N–H and O–H groups in total. The maximum Gasteiger partial charge on any atom is 0.469 e. The molecule has 1 aliphatic heterocycles. The molecule has 0 aromatic rings. The number of hydrogen-bond acceptors (Lipinski definition) is 7. The van der Waals surface area contributed by atoms with Gasteiger partial charge in [-0.15, -0.1) is 0 Å². The number of allylic oxidation sites excluding steroid dienone is 5. The Hall–Kier alpha value is -1.77. The van der Waals surface area contributed by atoms with E-state index in [2.05, 4.69) is 55.7 Å². The lowest BCUT2D eigenvalue weighted by Crippen LogP contribution is -2.29. The molecule has 0 aromatic heterocycles. The molecule has 0 amide bonds. The summed E-state index contributed by atoms with van der Waals surface area (Å²) in [6, 6.07) is 0. The molecule has 1 rings (SSSR count). The second-order valence-electron chi connectivity index (χ2n) is 14.8. The van der Waals surface area contributed by atoms with Gasteiger partial charge >= 0.3 is 19.8 Å². The molecule has 0 aromatic carbocycles. The number of hydrogen-bond donors (Lipinski definition) is 2. The fraction of sp³-hybridized carbons (Fsp3) is 0.810. The van der Waals surface area contributed by atoms with Crippen LogP contribution < -0.4 is 0 Å². The van der Waals surface area contributed by atoms with Crippen molar-refractivity contribution in [2.24, 2.45) is 5.92 Å². The Labute approximate surface area is 317 Å². The maximum absolute atomic E-state index is 12.4. The SMILES string of the molecule is CCCCCC1OC1C/C=C\C/C=C\C/C=C\CCCC(=O)OC[C@H](COP(=O)(O)O)OC(=O)CCCCCCCCCCCCCCCC(C)C. The predicted molar refractivity (Wildman–Crippen MR) is 211 cm³/mol. The zero-order valence-electron chi connectivity index (χ0n) is 33.1. The minimum atomic E-state index is -4.77. The Bertz CT molecular complexity index is 1020. The zero-order valence-corrected chi connectivity index (χ0v) is 34.0. The smallest absolute Gasteiger partial charge is 0.462 e. The number of carbonyl (C=O) groups excluding carboxylic acids is 2. The van der Waals surface area contributed by atoms with E-state index in [1.165, 1.54) is 89.9 Å². The van der Waals surface area contributed by atoms with Crippen molar-refractivity contribution in [2.75, 3.05) is 13.2 Å². The number of carbonyl (C=O) groups is 2. The van der Waals surface area contributed by atoms with Gasteiger partial charge in [-0.05, 0) is 50.9 Å². The summed E-state index contributed by atoms with van der Waals surface area (Å²) in [5, 5.41) is 0. The van der Waals surface area contributed by atoms with Crippen LogP contribution in [0, 0.1) is 5.92 Å². The molecule has 52 heavy (non-hydrogen) atoms. The molecule has 0 radical (unpaired) electrons. The second-order valence-corrected chi connectivity index (χ2v) is 16.1. The van der Waals surface area contributed by atoms with Crippen LogP contribution in [0.2, 0.25) is 0 Å². The van der Waals surface area contributed by atoms with Crippen LogP contribution in [0.15, 0.2) is 36.5 Å². The third kappa shape index (κ3) is 32.8. The molecule has 1 saturated heterocycles. The van der Waals surface area contributed by atoms with Crippen molar-refractivity contribution in [1.29, 1.82) is 0 Å². The molecule has 1 aliphatic rings. The van der Waals surface area contributed by atoms with Gasteiger partial charge < -0.3 is 24.0 Å². The Balaban J connectivity index is 2.09. The van der Waals surface area contributed by atoms with Gasteiger partial charge in [-0.3, -0.25) is 14.1 Å². The van der Waals surface area contributed by atoms with Crippen molar-refractivity contribution in [3.63, 3.8) is 0 Å². The summed E-state index contributed by atoms with van der Waals surface area (Å²) in [5.74, 6) is -0.132. The third-order valence-electron chi connectivity index (χ3n) is 9.26. The van der Waals surface area contributed by atoms with Gasteiger partial charge in [0, 0.05) is 12.8 Å². The van der Waals surface area contributed by atoms with E-state index in [4.69, 9.17) is 24.0 Å². The molecule has 302 valence electrons. The zero-order chi connectivity index (χ0) is 38.1. The van der Waals surface area contributed by atoms with Gasteiger partial charge in [0.25, 0.3) is 0 Å². The molecule has 10 heteroatoms. The third-order valence-corrected chi connectivity index (χ3v) is 9.75. The lowest BCUT2D eigenvalue weighted by atomic mass is 10.0. The van der Waals surface area contributed by atoms with Crippen molar-refractivity contribution < 1.29 is 42.7 Å². The standard InChI is InChI=1S/C42H75O9P/c1-4-5-25-31-39-40(51-39)32-27-22-18-14-11-12-15-19-23-28-33-41(43)48-35-38(36-49-52(45,46)47)50-42(44)34-29-24-20-16-10-8-6-7-9-13-17-21-26-30-37(2)3/h11,14-15,19,22,27,37-40H,4-10,12-13,16-18,20-21,23-26,28-36H2,1-3H3,(H2,45,46,47)/b14-11-,19-15-,27-22-/t38-,39?,40?/m1/s1. The van der Waals surface area contributed by atoms with Crippen molar-refractivity contribution >= 4 is 19.8 Å². The van der Waals surface area contributed by atoms with E-state index in [9.17, 15) is 14.2 Å². The number of phosphoric acid groups is 1. The predicted octanol–water partition coefficient (Wildman–Crippen LogP) is 11.4. The number of epoxide rings is 1. The highest BCUT2D eigenvalue weighted by molar-refractivity contribution is 7.46. The summed E-state index contributed by atoms with van der Waals surface area (Å²) < 4.78 is 32.0. The van der Waals surface area contributed by atoms with Crippen LogP contribution in [0.25, 0.3) is 0 Å². The molecule has 9 nitrogen and oxygen atoms in total. The molecule has 0 aliphatic carbocycles. The van der Waals surface area contributed by atoms with Gasteiger partial charge in [0.1, 0.15) is 6.61 Å². The molecular weight excluding hydrogens is 679 g/mol. The first-order chi connectivity index (χ1) is 25.1. The Morgan fingerprint density at radius 3 is 1.83 bits per heavy atom. The molecule has 3 atom stereocenters. The lowest BCUT2D eigenvalue weighted by molar-refractivity contribution is -0.161. The first kappa shape index (κ1) is 48.2. The van der Waals surface area contributed by atoms with E-state index >= 15 is 0 Å². The fourth-order valence-electron chi connectivity index (χ4n) is 6.06. The summed E-state index contributed by atoms with van der Waals surface area (Å²) in [6.45, 7) is 5.94. The summed E-state index contributed by atoms with van der Waals surface area (Å²) >= 11 is 0. The van der Waals surface area contributed by atoms with Gasteiger partial charge in [-0.2, -0.15) is 0 Å². The van der Waals surface area contributed by atoms with Gasteiger partial charge in [0.15, 0.2) is 6.10 Å². The Morgan fingerprint density at radius 2 is 1.23 bits per heavy atom. The highest BCUT2D eigenvalue weighted by Gasteiger charge is 2.36. The summed E-state index contributed by atoms with van der Waals surface area (Å²) in [5.41, 5.74) is 0. The van der Waals surface area contributed by atoms with Crippen LogP contribution >= 0.6 is 7.82 Å². The average molecular weight is 755 g/mol. The maximum atomic E-state index is 12.4. The molecule has 1 heterocycles. The lowest BCUT2D eigenvalue weighted by Gasteiger charge is -2.18. The number of unbranched alkanes of at least 4 members (excludes halogenated alkanes) is 15. The fourth-order valence-corrected chi connectivity index (χ4v) is 6.42. The van der Waals surface area contributed by atoms with E-state index < -0.39 is 32.5 Å². The minimum absolute atomic E-state index is 0.188. The largest absolute Gasteiger partial charge is 0.469 e. The van der Waals surface area contributed by atoms with Gasteiger partial charge in [-0.1, -0.05) is 160 Å². The number of phosphoric ester groups is 1. The highest BCUT2D eigenvalue weighted by Crippen LogP contribution is 2.36. The highest BCUT2D eigenvalue weighted by atomic mass is 31.2. The first-order valence-corrected chi connectivity index (χ1v) is 22.3.